The Morgan fingerprint density at radius 1 is 1.18 bits per heavy atom. The van der Waals surface area contributed by atoms with Crippen LogP contribution in [0.1, 0.15) is 37.7 Å². The highest BCUT2D eigenvalue weighted by molar-refractivity contribution is 5.68. The average molecular weight is 303 g/mol. The maximum absolute atomic E-state index is 7.00. The average Bonchev–Trinajstić information content (AvgIpc) is 3.14. The van der Waals surface area contributed by atoms with Gasteiger partial charge in [0, 0.05) is 30.6 Å². The summed E-state index contributed by atoms with van der Waals surface area (Å²) in [6.45, 7) is 10.1. The number of aliphatic hydroxyl groups excluding tert-OH is 1. The fourth-order valence-corrected chi connectivity index (χ4v) is 2.27. The Morgan fingerprint density at radius 2 is 1.86 bits per heavy atom. The second-order valence-corrected chi connectivity index (χ2v) is 4.53. The molecule has 0 aromatic carbocycles. The van der Waals surface area contributed by atoms with Gasteiger partial charge in [-0.2, -0.15) is 0 Å². The van der Waals surface area contributed by atoms with Gasteiger partial charge < -0.3 is 14.0 Å². The molecule has 3 aromatic rings. The first-order chi connectivity index (χ1) is 10.7. The van der Waals surface area contributed by atoms with Crippen molar-refractivity contribution < 1.29 is 9.63 Å². The van der Waals surface area contributed by atoms with Crippen LogP contribution in [0.2, 0.25) is 0 Å². The molecule has 5 heteroatoms. The van der Waals surface area contributed by atoms with Crippen molar-refractivity contribution in [2.75, 3.05) is 7.11 Å². The predicted octanol–water partition coefficient (Wildman–Crippen LogP) is 3.80. The van der Waals surface area contributed by atoms with Crippen LogP contribution >= 0.6 is 0 Å². The highest BCUT2D eigenvalue weighted by Gasteiger charge is 2.11. The SMILES string of the molecule is CC.CCc1cc(-c2conc2C)cn2cc(C)nc12.CO. The molecular formula is C17H25N3O2. The molecule has 3 rings (SSSR count). The van der Waals surface area contributed by atoms with Crippen LogP contribution < -0.4 is 0 Å². The van der Waals surface area contributed by atoms with E-state index >= 15 is 0 Å². The third-order valence-electron chi connectivity index (χ3n) is 3.19. The lowest BCUT2D eigenvalue weighted by atomic mass is 10.1. The summed E-state index contributed by atoms with van der Waals surface area (Å²) < 4.78 is 7.09. The summed E-state index contributed by atoms with van der Waals surface area (Å²) in [7, 11) is 1.00. The Bertz CT molecular complexity index is 714. The number of hydrogen-bond acceptors (Lipinski definition) is 4. The van der Waals surface area contributed by atoms with E-state index in [0.717, 1.165) is 41.7 Å². The molecule has 0 aliphatic heterocycles. The summed E-state index contributed by atoms with van der Waals surface area (Å²) in [6.07, 6.45) is 6.77. The molecule has 0 fully saturated rings. The molecule has 0 amide bonds. The lowest BCUT2D eigenvalue weighted by molar-refractivity contribution is 0.399. The number of pyridine rings is 1. The minimum atomic E-state index is 0.910. The summed E-state index contributed by atoms with van der Waals surface area (Å²) in [6, 6.07) is 2.17. The lowest BCUT2D eigenvalue weighted by Crippen LogP contribution is -1.93. The van der Waals surface area contributed by atoms with Crippen molar-refractivity contribution >= 4 is 5.65 Å². The Labute approximate surface area is 131 Å². The highest BCUT2D eigenvalue weighted by Crippen LogP contribution is 2.25. The number of aliphatic hydroxyl groups is 1. The maximum atomic E-state index is 7.00. The third kappa shape index (κ3) is 3.54. The van der Waals surface area contributed by atoms with Crippen molar-refractivity contribution in [3.05, 3.63) is 41.7 Å². The number of hydrogen-bond donors (Lipinski definition) is 1. The summed E-state index contributed by atoms with van der Waals surface area (Å²) in [5.41, 5.74) is 6.37. The van der Waals surface area contributed by atoms with Crippen LogP contribution in [0.3, 0.4) is 0 Å². The summed E-state index contributed by atoms with van der Waals surface area (Å²) in [5, 5.41) is 10.9. The van der Waals surface area contributed by atoms with E-state index in [1.807, 2.05) is 33.9 Å². The minimum absolute atomic E-state index is 0.910. The smallest absolute Gasteiger partial charge is 0.140 e. The molecule has 0 atom stereocenters. The van der Waals surface area contributed by atoms with Gasteiger partial charge in [-0.1, -0.05) is 25.9 Å². The van der Waals surface area contributed by atoms with E-state index in [1.165, 1.54) is 5.56 Å². The first kappa shape index (κ1) is 17.9. The predicted molar refractivity (Wildman–Crippen MR) is 89.0 cm³/mol. The summed E-state index contributed by atoms with van der Waals surface area (Å²) in [4.78, 5) is 4.55. The van der Waals surface area contributed by atoms with Crippen LogP contribution in [0.15, 0.2) is 29.2 Å². The van der Waals surface area contributed by atoms with E-state index in [4.69, 9.17) is 9.63 Å². The van der Waals surface area contributed by atoms with E-state index in [9.17, 15) is 0 Å². The third-order valence-corrected chi connectivity index (χ3v) is 3.19. The molecule has 0 aliphatic rings. The fourth-order valence-electron chi connectivity index (χ4n) is 2.27. The van der Waals surface area contributed by atoms with Crippen LogP contribution in [0.4, 0.5) is 0 Å². The van der Waals surface area contributed by atoms with E-state index in [1.54, 1.807) is 6.26 Å². The van der Waals surface area contributed by atoms with Gasteiger partial charge in [0.25, 0.3) is 0 Å². The molecule has 3 heterocycles. The molecule has 0 spiro atoms. The van der Waals surface area contributed by atoms with Gasteiger partial charge in [-0.25, -0.2) is 4.98 Å². The molecule has 3 aromatic heterocycles. The van der Waals surface area contributed by atoms with Crippen molar-refractivity contribution in [2.24, 2.45) is 0 Å². The van der Waals surface area contributed by atoms with Crippen LogP contribution in [0.5, 0.6) is 0 Å². The van der Waals surface area contributed by atoms with E-state index in [0.29, 0.717) is 0 Å². The number of fused-ring (bicyclic) bond motifs is 1. The molecule has 5 nitrogen and oxygen atoms in total. The number of nitrogens with zero attached hydrogens (tertiary/aromatic N) is 3. The van der Waals surface area contributed by atoms with Gasteiger partial charge >= 0.3 is 0 Å². The van der Waals surface area contributed by atoms with Crippen LogP contribution in [-0.4, -0.2) is 26.8 Å². The van der Waals surface area contributed by atoms with Gasteiger partial charge in [-0.15, -0.1) is 0 Å². The molecule has 22 heavy (non-hydrogen) atoms. The van der Waals surface area contributed by atoms with Crippen molar-refractivity contribution in [1.29, 1.82) is 0 Å². The van der Waals surface area contributed by atoms with Gasteiger partial charge in [0.1, 0.15) is 11.9 Å². The van der Waals surface area contributed by atoms with Gasteiger partial charge in [-0.05, 0) is 31.9 Å². The van der Waals surface area contributed by atoms with Crippen LogP contribution in [0, 0.1) is 13.8 Å². The van der Waals surface area contributed by atoms with Gasteiger partial charge in [-0.3, -0.25) is 0 Å². The first-order valence-corrected chi connectivity index (χ1v) is 7.53. The zero-order valence-corrected chi connectivity index (χ0v) is 14.2. The number of imidazole rings is 1. The lowest BCUT2D eigenvalue weighted by Gasteiger charge is -2.05. The quantitative estimate of drug-likeness (QED) is 0.782. The molecule has 0 bridgehead atoms. The molecule has 0 unspecified atom stereocenters. The van der Waals surface area contributed by atoms with Gasteiger partial charge in [0.05, 0.1) is 11.4 Å². The Hall–Kier alpha value is -2.14. The van der Waals surface area contributed by atoms with Crippen molar-refractivity contribution in [2.45, 2.75) is 41.0 Å². The minimum Gasteiger partial charge on any atom is -0.400 e. The van der Waals surface area contributed by atoms with E-state index in [-0.39, 0.29) is 0 Å². The van der Waals surface area contributed by atoms with Crippen LogP contribution in [-0.2, 0) is 6.42 Å². The Kier molecular flexibility index (Phi) is 6.79. The standard InChI is InChI=1S/C14H15N3O.C2H6.CH4O/c1-4-11-5-12(13-8-18-16-10(13)3)7-17-6-9(2)15-14(11)17;2*1-2/h5-8H,4H2,1-3H3;1-2H3;2H,1H3. The van der Waals surface area contributed by atoms with E-state index in [2.05, 4.69) is 33.7 Å². The van der Waals surface area contributed by atoms with Crippen molar-refractivity contribution in [3.63, 3.8) is 0 Å². The maximum Gasteiger partial charge on any atom is 0.140 e. The van der Waals surface area contributed by atoms with Crippen LogP contribution in [0.25, 0.3) is 16.8 Å². The van der Waals surface area contributed by atoms with Gasteiger partial charge in [0.15, 0.2) is 0 Å². The molecular weight excluding hydrogens is 278 g/mol. The molecule has 0 aliphatic carbocycles. The second kappa shape index (κ2) is 8.34. The monoisotopic (exact) mass is 303 g/mol. The summed E-state index contributed by atoms with van der Waals surface area (Å²) in [5.74, 6) is 0. The molecule has 0 saturated carbocycles. The summed E-state index contributed by atoms with van der Waals surface area (Å²) >= 11 is 0. The molecule has 120 valence electrons. The largest absolute Gasteiger partial charge is 0.400 e. The Balaban J connectivity index is 0.000000561. The normalized spacial score (nSPS) is 9.77. The zero-order valence-electron chi connectivity index (χ0n) is 14.2. The zero-order chi connectivity index (χ0) is 16.7. The highest BCUT2D eigenvalue weighted by atomic mass is 16.5. The molecule has 0 radical (unpaired) electrons. The number of aromatic nitrogens is 3. The second-order valence-electron chi connectivity index (χ2n) is 4.53. The first-order valence-electron chi connectivity index (χ1n) is 7.53. The topological polar surface area (TPSA) is 63.6 Å². The number of aryl methyl sites for hydroxylation is 3. The number of rotatable bonds is 2. The Morgan fingerprint density at radius 3 is 2.41 bits per heavy atom. The molecule has 0 saturated heterocycles. The fraction of sp³-hybridized carbons (Fsp3) is 0.412. The van der Waals surface area contributed by atoms with Crippen molar-refractivity contribution in [1.82, 2.24) is 14.5 Å². The van der Waals surface area contributed by atoms with E-state index < -0.39 is 0 Å². The van der Waals surface area contributed by atoms with Crippen molar-refractivity contribution in [3.8, 4) is 11.1 Å². The van der Waals surface area contributed by atoms with Gasteiger partial charge in [0.2, 0.25) is 0 Å². The molecule has 1 N–H and O–H groups in total.